The molecular formula is C20H17ClN4O4. The van der Waals surface area contributed by atoms with E-state index in [1.54, 1.807) is 40.9 Å². The number of amides is 2. The monoisotopic (exact) mass is 412 g/mol. The van der Waals surface area contributed by atoms with Gasteiger partial charge >= 0.3 is 5.97 Å². The molecule has 3 rings (SSSR count). The largest absolute Gasteiger partial charge is 0.452 e. The quantitative estimate of drug-likeness (QED) is 0.478. The maximum absolute atomic E-state index is 12.0. The van der Waals surface area contributed by atoms with Crippen molar-refractivity contribution in [1.82, 2.24) is 9.38 Å². The van der Waals surface area contributed by atoms with Gasteiger partial charge in [0.1, 0.15) is 5.65 Å². The maximum Gasteiger partial charge on any atom is 0.331 e. The molecule has 2 N–H and O–H groups in total. The van der Waals surface area contributed by atoms with Gasteiger partial charge < -0.3 is 15.4 Å². The van der Waals surface area contributed by atoms with Gasteiger partial charge in [-0.25, -0.2) is 9.78 Å². The smallest absolute Gasteiger partial charge is 0.331 e. The predicted octanol–water partition coefficient (Wildman–Crippen LogP) is 3.14. The molecule has 0 aliphatic carbocycles. The fraction of sp³-hybridized carbons (Fsp3) is 0.100. The lowest BCUT2D eigenvalue weighted by Crippen LogP contribution is -2.20. The third-order valence-electron chi connectivity index (χ3n) is 3.71. The number of ether oxygens (including phenoxy) is 1. The van der Waals surface area contributed by atoms with Gasteiger partial charge in [0, 0.05) is 30.6 Å². The van der Waals surface area contributed by atoms with Crippen molar-refractivity contribution in [3.05, 3.63) is 65.6 Å². The number of nitrogens with one attached hydrogen (secondary N) is 2. The molecule has 2 amide bonds. The molecule has 2 aromatic heterocycles. The van der Waals surface area contributed by atoms with Crippen LogP contribution in [0.1, 0.15) is 12.6 Å². The summed E-state index contributed by atoms with van der Waals surface area (Å²) < 4.78 is 6.66. The number of fused-ring (bicyclic) bond motifs is 1. The van der Waals surface area contributed by atoms with Crippen LogP contribution in [0.15, 0.2) is 54.7 Å². The van der Waals surface area contributed by atoms with Gasteiger partial charge in [-0.2, -0.15) is 0 Å². The number of hydrogen-bond donors (Lipinski definition) is 2. The van der Waals surface area contributed by atoms with Crippen molar-refractivity contribution in [1.29, 1.82) is 0 Å². The van der Waals surface area contributed by atoms with Crippen LogP contribution in [0, 0.1) is 0 Å². The summed E-state index contributed by atoms with van der Waals surface area (Å²) in [5.74, 6) is -1.44. The van der Waals surface area contributed by atoms with E-state index in [0.717, 1.165) is 0 Å². The van der Waals surface area contributed by atoms with Gasteiger partial charge in [-0.15, -0.1) is 0 Å². The summed E-state index contributed by atoms with van der Waals surface area (Å²) in [6, 6.07) is 12.0. The lowest BCUT2D eigenvalue weighted by atomic mass is 10.2. The number of anilines is 2. The molecule has 148 valence electrons. The first-order valence-corrected chi connectivity index (χ1v) is 8.95. The first-order chi connectivity index (χ1) is 13.9. The summed E-state index contributed by atoms with van der Waals surface area (Å²) in [6.45, 7) is 0.923. The number of rotatable bonds is 6. The molecule has 0 spiro atoms. The van der Waals surface area contributed by atoms with Gasteiger partial charge in [0.25, 0.3) is 5.91 Å². The second-order valence-corrected chi connectivity index (χ2v) is 6.33. The molecule has 3 aromatic rings. The molecule has 0 aliphatic heterocycles. The molecule has 0 unspecified atom stereocenters. The average Bonchev–Trinajstić information content (AvgIpc) is 2.99. The topological polar surface area (TPSA) is 102 Å². The highest BCUT2D eigenvalue weighted by molar-refractivity contribution is 6.31. The number of carbonyl (C=O) groups is 3. The zero-order valence-corrected chi connectivity index (χ0v) is 16.1. The summed E-state index contributed by atoms with van der Waals surface area (Å²) in [5.41, 5.74) is 2.18. The Labute approximate surface area is 171 Å². The van der Waals surface area contributed by atoms with E-state index in [4.69, 9.17) is 16.3 Å². The van der Waals surface area contributed by atoms with E-state index in [2.05, 4.69) is 15.6 Å². The van der Waals surface area contributed by atoms with E-state index < -0.39 is 18.5 Å². The molecule has 0 aliphatic rings. The fourth-order valence-electron chi connectivity index (χ4n) is 2.54. The van der Waals surface area contributed by atoms with Crippen LogP contribution in [0.4, 0.5) is 11.4 Å². The lowest BCUT2D eigenvalue weighted by molar-refractivity contribution is -0.142. The molecule has 0 saturated carbocycles. The maximum atomic E-state index is 12.0. The first-order valence-electron chi connectivity index (χ1n) is 8.57. The minimum Gasteiger partial charge on any atom is -0.452 e. The van der Waals surface area contributed by atoms with Gasteiger partial charge in [0.15, 0.2) is 11.8 Å². The van der Waals surface area contributed by atoms with E-state index in [1.807, 2.05) is 12.1 Å². The van der Waals surface area contributed by atoms with E-state index in [-0.39, 0.29) is 11.1 Å². The van der Waals surface area contributed by atoms with E-state index in [1.165, 1.54) is 19.1 Å². The minimum absolute atomic E-state index is 0.222. The van der Waals surface area contributed by atoms with Crippen molar-refractivity contribution in [2.24, 2.45) is 0 Å². The molecule has 2 heterocycles. The third kappa shape index (κ3) is 5.43. The van der Waals surface area contributed by atoms with Crippen LogP contribution in [-0.2, 0) is 19.1 Å². The zero-order chi connectivity index (χ0) is 20.8. The van der Waals surface area contributed by atoms with E-state index >= 15 is 0 Å². The molecule has 0 fully saturated rings. The highest BCUT2D eigenvalue weighted by Gasteiger charge is 2.09. The van der Waals surface area contributed by atoms with Gasteiger partial charge in [0.2, 0.25) is 5.91 Å². The Morgan fingerprint density at radius 3 is 2.66 bits per heavy atom. The van der Waals surface area contributed by atoms with Crippen LogP contribution in [0.5, 0.6) is 0 Å². The number of hydrogen-bond acceptors (Lipinski definition) is 5. The average molecular weight is 413 g/mol. The Hall–Kier alpha value is -3.65. The molecule has 0 bridgehead atoms. The van der Waals surface area contributed by atoms with Crippen LogP contribution in [0.2, 0.25) is 5.15 Å². The Balaban J connectivity index is 1.55. The Morgan fingerprint density at radius 1 is 1.14 bits per heavy atom. The van der Waals surface area contributed by atoms with Crippen LogP contribution >= 0.6 is 11.6 Å². The molecule has 0 radical (unpaired) electrons. The van der Waals surface area contributed by atoms with E-state index in [0.29, 0.717) is 22.7 Å². The van der Waals surface area contributed by atoms with Crippen molar-refractivity contribution >= 4 is 52.5 Å². The van der Waals surface area contributed by atoms with Crippen molar-refractivity contribution in [3.8, 4) is 0 Å². The number of aromatic nitrogens is 2. The number of benzene rings is 1. The molecule has 1 aromatic carbocycles. The highest BCUT2D eigenvalue weighted by Crippen LogP contribution is 2.19. The Morgan fingerprint density at radius 2 is 1.90 bits per heavy atom. The summed E-state index contributed by atoms with van der Waals surface area (Å²) in [7, 11) is 0. The van der Waals surface area contributed by atoms with Crippen molar-refractivity contribution in [2.75, 3.05) is 17.2 Å². The van der Waals surface area contributed by atoms with Gasteiger partial charge in [-0.1, -0.05) is 23.7 Å². The molecule has 0 atom stereocenters. The van der Waals surface area contributed by atoms with Crippen LogP contribution in [0.25, 0.3) is 11.7 Å². The fourth-order valence-corrected chi connectivity index (χ4v) is 2.78. The molecule has 0 saturated heterocycles. The van der Waals surface area contributed by atoms with Crippen molar-refractivity contribution < 1.29 is 19.1 Å². The number of esters is 1. The Bertz CT molecular complexity index is 1110. The minimum atomic E-state index is -0.700. The summed E-state index contributed by atoms with van der Waals surface area (Å²) >= 11 is 6.09. The summed E-state index contributed by atoms with van der Waals surface area (Å²) in [6.07, 6.45) is 4.41. The van der Waals surface area contributed by atoms with Crippen LogP contribution in [-0.4, -0.2) is 33.8 Å². The van der Waals surface area contributed by atoms with Gasteiger partial charge in [-0.05, 0) is 36.4 Å². The second-order valence-electron chi connectivity index (χ2n) is 5.97. The predicted molar refractivity (Wildman–Crippen MR) is 110 cm³/mol. The zero-order valence-electron chi connectivity index (χ0n) is 15.4. The first kappa shape index (κ1) is 20.1. The Kier molecular flexibility index (Phi) is 6.25. The van der Waals surface area contributed by atoms with Crippen molar-refractivity contribution in [2.45, 2.75) is 6.92 Å². The second kappa shape index (κ2) is 9.03. The molecule has 9 heteroatoms. The number of nitrogens with zero attached hydrogens (tertiary/aromatic N) is 2. The third-order valence-corrected chi connectivity index (χ3v) is 3.99. The standard InChI is InChI=1S/C20H17ClN4O4/c1-13(26)22-14-5-4-6-15(11-14)23-18(27)12-29-19(28)9-8-16-20(21)24-17-7-2-3-10-25(16)17/h2-11H,12H2,1H3,(H,22,26)(H,23,27)/b9-8+. The lowest BCUT2D eigenvalue weighted by Gasteiger charge is -2.08. The van der Waals surface area contributed by atoms with Crippen molar-refractivity contribution in [3.63, 3.8) is 0 Å². The number of imidazole rings is 1. The normalized spacial score (nSPS) is 10.8. The van der Waals surface area contributed by atoms with Crippen LogP contribution in [0.3, 0.4) is 0 Å². The highest BCUT2D eigenvalue weighted by atomic mass is 35.5. The van der Waals surface area contributed by atoms with E-state index in [9.17, 15) is 14.4 Å². The molecular weight excluding hydrogens is 396 g/mol. The van der Waals surface area contributed by atoms with Crippen LogP contribution < -0.4 is 10.6 Å². The summed E-state index contributed by atoms with van der Waals surface area (Å²) in [4.78, 5) is 39.1. The number of halogens is 1. The molecule has 8 nitrogen and oxygen atoms in total. The molecule has 29 heavy (non-hydrogen) atoms. The van der Waals surface area contributed by atoms with Gasteiger partial charge in [0.05, 0.1) is 5.69 Å². The number of pyridine rings is 1. The summed E-state index contributed by atoms with van der Waals surface area (Å²) in [5, 5.41) is 5.45. The SMILES string of the molecule is CC(=O)Nc1cccc(NC(=O)COC(=O)/C=C/c2c(Cl)nc3ccccn23)c1. The van der Waals surface area contributed by atoms with Gasteiger partial charge in [-0.3, -0.25) is 14.0 Å². The number of carbonyl (C=O) groups excluding carboxylic acids is 3.